The number of esters is 2. The first kappa shape index (κ1) is 41.6. The molecule has 0 saturated heterocycles. The number of rotatable bonds is 21. The summed E-state index contributed by atoms with van der Waals surface area (Å²) in [5, 5.41) is 51.4. The van der Waals surface area contributed by atoms with Gasteiger partial charge in [0.2, 0.25) is 0 Å². The van der Waals surface area contributed by atoms with Crippen molar-refractivity contribution in [2.24, 2.45) is 23.7 Å². The molecule has 9 atom stereocenters. The van der Waals surface area contributed by atoms with E-state index in [0.717, 1.165) is 5.57 Å². The molecule has 2 aliphatic rings. The van der Waals surface area contributed by atoms with Gasteiger partial charge in [-0.3, -0.25) is 10.1 Å². The average molecular weight is 720 g/mol. The van der Waals surface area contributed by atoms with E-state index in [1.807, 2.05) is 26.0 Å². The van der Waals surface area contributed by atoms with Gasteiger partial charge in [-0.1, -0.05) is 51.1 Å². The summed E-state index contributed by atoms with van der Waals surface area (Å²) in [4.78, 5) is 43.8. The quantitative estimate of drug-likeness (QED) is 0.0325. The zero-order chi connectivity index (χ0) is 37.5. The third kappa shape index (κ3) is 13.0. The SMILES string of the molecule is CC[C@H](C)C(=O)O[C@H]1C[C@H](O)C=C2C=C[C@H](C)[C@H](CCC(O)C[C@H](O)CC(OO)c3ccc(/C=C/C(=O)OCCCCO[N+](=O)[O-])cc3OC)[C@H]21. The number of aliphatic hydroxyl groups is 3. The number of methoxy groups -OCH3 is 1. The molecule has 14 heteroatoms. The van der Waals surface area contributed by atoms with Gasteiger partial charge in [0.25, 0.3) is 5.09 Å². The molecule has 51 heavy (non-hydrogen) atoms. The highest BCUT2D eigenvalue weighted by Crippen LogP contribution is 2.44. The smallest absolute Gasteiger partial charge is 0.330 e. The number of carbonyl (C=O) groups is 2. The standard InChI is InChI=1S/C37H53NO13/c1-5-23(2)37(43)50-34-22-28(40)19-26-11-8-24(3)30(36(26)34)14-12-27(39)20-29(41)21-33(51-46)31-13-9-25(18-32(31)47-4)10-15-35(42)48-16-6-7-17-49-38(44)45/h8-11,13,15,18-19,23-24,27-30,33-34,36,39-41,46H,5-7,12,14,16-17,20-22H2,1-4H3/b15-10+/t23-,24-,27?,28+,29-,30-,33?,34-,36-/m0/s1. The summed E-state index contributed by atoms with van der Waals surface area (Å²) in [6.45, 7) is 5.84. The summed E-state index contributed by atoms with van der Waals surface area (Å²) in [5.41, 5.74) is 1.97. The molecular formula is C37H53NO13. The monoisotopic (exact) mass is 719 g/mol. The zero-order valence-electron chi connectivity index (χ0n) is 29.8. The van der Waals surface area contributed by atoms with Crippen LogP contribution < -0.4 is 4.74 Å². The van der Waals surface area contributed by atoms with E-state index >= 15 is 0 Å². The molecule has 3 rings (SSSR count). The Labute approximate surface area is 298 Å². The number of allylic oxidation sites excluding steroid dienone is 2. The maximum absolute atomic E-state index is 12.7. The van der Waals surface area contributed by atoms with Crippen LogP contribution in [0.25, 0.3) is 6.08 Å². The third-order valence-electron chi connectivity index (χ3n) is 9.64. The first-order valence-corrected chi connectivity index (χ1v) is 17.6. The van der Waals surface area contributed by atoms with Crippen molar-refractivity contribution in [1.82, 2.24) is 0 Å². The second kappa shape index (κ2) is 20.9. The zero-order valence-corrected chi connectivity index (χ0v) is 29.8. The van der Waals surface area contributed by atoms with Crippen molar-refractivity contribution in [3.63, 3.8) is 0 Å². The van der Waals surface area contributed by atoms with E-state index in [-0.39, 0.29) is 55.7 Å². The number of unbranched alkanes of at least 4 members (excludes halogenated alkanes) is 1. The maximum atomic E-state index is 12.7. The Kier molecular flexibility index (Phi) is 17.0. The van der Waals surface area contributed by atoms with Crippen LogP contribution in [0.15, 0.2) is 48.1 Å². The Hall–Kier alpha value is -3.82. The van der Waals surface area contributed by atoms with Crippen molar-refractivity contribution < 1.29 is 59.2 Å². The summed E-state index contributed by atoms with van der Waals surface area (Å²) in [6, 6.07) is 4.93. The molecule has 0 heterocycles. The molecule has 0 aromatic heterocycles. The first-order chi connectivity index (χ1) is 24.4. The number of benzene rings is 1. The van der Waals surface area contributed by atoms with Gasteiger partial charge in [-0.2, -0.15) is 0 Å². The van der Waals surface area contributed by atoms with Gasteiger partial charge in [-0.15, -0.1) is 10.1 Å². The van der Waals surface area contributed by atoms with E-state index in [4.69, 9.17) is 19.1 Å². The van der Waals surface area contributed by atoms with Crippen molar-refractivity contribution in [3.05, 3.63) is 69.3 Å². The molecule has 284 valence electrons. The van der Waals surface area contributed by atoms with Crippen molar-refractivity contribution in [2.45, 2.75) is 103 Å². The van der Waals surface area contributed by atoms with Gasteiger partial charge in [0.15, 0.2) is 0 Å². The molecule has 14 nitrogen and oxygen atoms in total. The molecule has 4 N–H and O–H groups in total. The highest BCUT2D eigenvalue weighted by molar-refractivity contribution is 5.87. The summed E-state index contributed by atoms with van der Waals surface area (Å²) in [6.07, 6.45) is 7.29. The Morgan fingerprint density at radius 3 is 2.57 bits per heavy atom. The van der Waals surface area contributed by atoms with Gasteiger partial charge in [0.1, 0.15) is 18.0 Å². The van der Waals surface area contributed by atoms with Crippen molar-refractivity contribution in [2.75, 3.05) is 20.3 Å². The van der Waals surface area contributed by atoms with Crippen molar-refractivity contribution >= 4 is 18.0 Å². The molecule has 2 aliphatic carbocycles. The summed E-state index contributed by atoms with van der Waals surface area (Å²) in [5.74, 6) is -0.711. The van der Waals surface area contributed by atoms with Crippen LogP contribution in [0.5, 0.6) is 5.75 Å². The average Bonchev–Trinajstić information content (AvgIpc) is 3.10. The van der Waals surface area contributed by atoms with E-state index < -0.39 is 41.6 Å². The largest absolute Gasteiger partial charge is 0.496 e. The van der Waals surface area contributed by atoms with Crippen molar-refractivity contribution in [1.29, 1.82) is 0 Å². The lowest BCUT2D eigenvalue weighted by atomic mass is 9.66. The number of hydrogen-bond donors (Lipinski definition) is 4. The molecule has 0 fully saturated rings. The number of aliphatic hydroxyl groups excluding tert-OH is 3. The highest BCUT2D eigenvalue weighted by Gasteiger charge is 2.42. The highest BCUT2D eigenvalue weighted by atomic mass is 17.1. The molecule has 0 spiro atoms. The molecule has 0 radical (unpaired) electrons. The molecule has 1 aromatic rings. The van der Waals surface area contributed by atoms with E-state index in [9.17, 15) is 40.3 Å². The van der Waals surface area contributed by atoms with E-state index in [1.165, 1.54) is 19.3 Å². The minimum atomic E-state index is -1.03. The predicted molar refractivity (Wildman–Crippen MR) is 185 cm³/mol. The van der Waals surface area contributed by atoms with Crippen LogP contribution in [0.2, 0.25) is 0 Å². The minimum Gasteiger partial charge on any atom is -0.496 e. The Bertz CT molecular complexity index is 1380. The van der Waals surface area contributed by atoms with Gasteiger partial charge in [0, 0.05) is 30.4 Å². The normalized spacial score (nSPS) is 23.8. The number of nitrogens with zero attached hydrogens (tertiary/aromatic N) is 1. The lowest BCUT2D eigenvalue weighted by molar-refractivity contribution is -0.757. The van der Waals surface area contributed by atoms with Crippen molar-refractivity contribution in [3.8, 4) is 5.75 Å². The predicted octanol–water partition coefficient (Wildman–Crippen LogP) is 5.14. The molecule has 0 amide bonds. The topological polar surface area (TPSA) is 204 Å². The number of fused-ring (bicyclic) bond motifs is 1. The number of hydrogen-bond acceptors (Lipinski definition) is 13. The van der Waals surface area contributed by atoms with Gasteiger partial charge in [0.05, 0.1) is 44.6 Å². The van der Waals surface area contributed by atoms with Crippen LogP contribution in [0.1, 0.15) is 89.4 Å². The van der Waals surface area contributed by atoms with Crippen LogP contribution in [0, 0.1) is 33.8 Å². The second-order valence-electron chi connectivity index (χ2n) is 13.4. The van der Waals surface area contributed by atoms with E-state index in [0.29, 0.717) is 55.4 Å². The lowest BCUT2D eigenvalue weighted by Crippen LogP contribution is -2.43. The van der Waals surface area contributed by atoms with Crippen LogP contribution in [0.3, 0.4) is 0 Å². The van der Waals surface area contributed by atoms with Crippen LogP contribution in [0.4, 0.5) is 0 Å². The molecular weight excluding hydrogens is 666 g/mol. The third-order valence-corrected chi connectivity index (χ3v) is 9.64. The second-order valence-corrected chi connectivity index (χ2v) is 13.4. The van der Waals surface area contributed by atoms with Gasteiger partial charge >= 0.3 is 11.9 Å². The summed E-state index contributed by atoms with van der Waals surface area (Å²) >= 11 is 0. The van der Waals surface area contributed by atoms with Gasteiger partial charge in [-0.05, 0) is 73.6 Å². The van der Waals surface area contributed by atoms with E-state index in [2.05, 4.69) is 17.8 Å². The van der Waals surface area contributed by atoms with Crippen LogP contribution in [-0.4, -0.2) is 82.3 Å². The molecule has 0 saturated carbocycles. The first-order valence-electron chi connectivity index (χ1n) is 17.6. The fourth-order valence-corrected chi connectivity index (χ4v) is 6.63. The lowest BCUT2D eigenvalue weighted by Gasteiger charge is -2.43. The van der Waals surface area contributed by atoms with Gasteiger partial charge < -0.3 is 34.4 Å². The minimum absolute atomic E-state index is 0.0311. The summed E-state index contributed by atoms with van der Waals surface area (Å²) < 4.78 is 16.5. The van der Waals surface area contributed by atoms with Crippen LogP contribution >= 0.6 is 0 Å². The maximum Gasteiger partial charge on any atom is 0.330 e. The molecule has 0 bridgehead atoms. The van der Waals surface area contributed by atoms with E-state index in [1.54, 1.807) is 18.2 Å². The number of carbonyl (C=O) groups excluding carboxylic acids is 2. The Balaban J connectivity index is 1.55. The number of ether oxygens (including phenoxy) is 3. The fraction of sp³-hybridized carbons (Fsp3) is 0.622. The molecule has 0 aliphatic heterocycles. The Morgan fingerprint density at radius 1 is 1.14 bits per heavy atom. The van der Waals surface area contributed by atoms with Gasteiger partial charge in [-0.25, -0.2) is 9.68 Å². The fourth-order valence-electron chi connectivity index (χ4n) is 6.63. The summed E-state index contributed by atoms with van der Waals surface area (Å²) in [7, 11) is 1.43. The Morgan fingerprint density at radius 2 is 1.88 bits per heavy atom. The van der Waals surface area contributed by atoms with Crippen LogP contribution in [-0.2, 0) is 28.8 Å². The molecule has 1 aromatic carbocycles. The molecule has 2 unspecified atom stereocenters.